The maximum absolute atomic E-state index is 13.1. The highest BCUT2D eigenvalue weighted by molar-refractivity contribution is 6.33. The summed E-state index contributed by atoms with van der Waals surface area (Å²) in [7, 11) is 1.44. The molecule has 0 N–H and O–H groups in total. The van der Waals surface area contributed by atoms with Gasteiger partial charge in [-0.2, -0.15) is 0 Å². The highest BCUT2D eigenvalue weighted by Gasteiger charge is 2.16. The Balaban J connectivity index is 2.60. The Bertz CT molecular complexity index is 555. The van der Waals surface area contributed by atoms with Crippen molar-refractivity contribution in [2.75, 3.05) is 7.11 Å². The topological polar surface area (TPSA) is 9.23 Å². The number of halogens is 3. The van der Waals surface area contributed by atoms with Crippen molar-refractivity contribution < 1.29 is 13.5 Å². The fraction of sp³-hybridized carbons (Fsp3) is 0.143. The molecular formula is C14H11ClF2O. The summed E-state index contributed by atoms with van der Waals surface area (Å²) in [5.74, 6) is 0.404. The molecule has 0 saturated carbocycles. The SMILES string of the molecule is COc1ccc(-c2ccccc2Cl)c(C(F)F)c1. The molecule has 0 heterocycles. The van der Waals surface area contributed by atoms with Crippen molar-refractivity contribution in [1.29, 1.82) is 0 Å². The Morgan fingerprint density at radius 2 is 1.78 bits per heavy atom. The van der Waals surface area contributed by atoms with E-state index in [4.69, 9.17) is 16.3 Å². The van der Waals surface area contributed by atoms with Crippen molar-refractivity contribution in [3.05, 3.63) is 53.1 Å². The van der Waals surface area contributed by atoms with Gasteiger partial charge in [0.2, 0.25) is 0 Å². The molecule has 0 aromatic heterocycles. The van der Waals surface area contributed by atoms with Crippen molar-refractivity contribution in [2.24, 2.45) is 0 Å². The van der Waals surface area contributed by atoms with E-state index >= 15 is 0 Å². The molecule has 0 aliphatic carbocycles. The van der Waals surface area contributed by atoms with Crippen LogP contribution in [0.25, 0.3) is 11.1 Å². The third-order valence-electron chi connectivity index (χ3n) is 2.66. The minimum atomic E-state index is -2.58. The molecule has 2 aromatic rings. The minimum Gasteiger partial charge on any atom is -0.497 e. The van der Waals surface area contributed by atoms with Crippen molar-refractivity contribution in [3.8, 4) is 16.9 Å². The maximum Gasteiger partial charge on any atom is 0.264 e. The lowest BCUT2D eigenvalue weighted by Gasteiger charge is -2.12. The first-order valence-electron chi connectivity index (χ1n) is 5.34. The van der Waals surface area contributed by atoms with Crippen molar-refractivity contribution >= 4 is 11.6 Å². The van der Waals surface area contributed by atoms with Crippen LogP contribution in [-0.2, 0) is 0 Å². The number of alkyl halides is 2. The van der Waals surface area contributed by atoms with Gasteiger partial charge in [-0.25, -0.2) is 8.78 Å². The normalized spacial score (nSPS) is 10.7. The highest BCUT2D eigenvalue weighted by Crippen LogP contribution is 2.36. The summed E-state index contributed by atoms with van der Waals surface area (Å²) in [5.41, 5.74) is 0.941. The van der Waals surface area contributed by atoms with Crippen molar-refractivity contribution in [1.82, 2.24) is 0 Å². The summed E-state index contributed by atoms with van der Waals surface area (Å²) in [6.07, 6.45) is -2.58. The molecule has 94 valence electrons. The van der Waals surface area contributed by atoms with Crippen LogP contribution in [0.5, 0.6) is 5.75 Å². The summed E-state index contributed by atoms with van der Waals surface area (Å²) < 4.78 is 31.1. The van der Waals surface area contributed by atoms with Crippen LogP contribution in [0.4, 0.5) is 8.78 Å². The number of hydrogen-bond acceptors (Lipinski definition) is 1. The molecule has 0 saturated heterocycles. The van der Waals surface area contributed by atoms with Crippen LogP contribution < -0.4 is 4.74 Å². The van der Waals surface area contributed by atoms with E-state index in [-0.39, 0.29) is 5.56 Å². The Kier molecular flexibility index (Phi) is 3.82. The first-order chi connectivity index (χ1) is 8.63. The number of methoxy groups -OCH3 is 1. The first kappa shape index (κ1) is 12.8. The van der Waals surface area contributed by atoms with Crippen LogP contribution in [0.15, 0.2) is 42.5 Å². The number of hydrogen-bond donors (Lipinski definition) is 0. The molecule has 0 atom stereocenters. The lowest BCUT2D eigenvalue weighted by molar-refractivity contribution is 0.151. The van der Waals surface area contributed by atoms with Crippen molar-refractivity contribution in [2.45, 2.75) is 6.43 Å². The molecule has 0 unspecified atom stereocenters. The van der Waals surface area contributed by atoms with E-state index < -0.39 is 6.43 Å². The second-order valence-corrected chi connectivity index (χ2v) is 4.14. The van der Waals surface area contributed by atoms with Crippen molar-refractivity contribution in [3.63, 3.8) is 0 Å². The monoisotopic (exact) mass is 268 g/mol. The van der Waals surface area contributed by atoms with E-state index in [1.165, 1.54) is 13.2 Å². The summed E-state index contributed by atoms with van der Waals surface area (Å²) in [4.78, 5) is 0. The minimum absolute atomic E-state index is 0.0811. The summed E-state index contributed by atoms with van der Waals surface area (Å²) in [6, 6.07) is 11.5. The first-order valence-corrected chi connectivity index (χ1v) is 5.72. The highest BCUT2D eigenvalue weighted by atomic mass is 35.5. The van der Waals surface area contributed by atoms with E-state index in [1.807, 2.05) is 0 Å². The van der Waals surface area contributed by atoms with Gasteiger partial charge >= 0.3 is 0 Å². The second-order valence-electron chi connectivity index (χ2n) is 3.73. The van der Waals surface area contributed by atoms with E-state index in [9.17, 15) is 8.78 Å². The van der Waals surface area contributed by atoms with Gasteiger partial charge in [-0.05, 0) is 23.8 Å². The molecule has 0 amide bonds. The third kappa shape index (κ3) is 2.46. The number of ether oxygens (including phenoxy) is 1. The quantitative estimate of drug-likeness (QED) is 0.765. The van der Waals surface area contributed by atoms with E-state index in [1.54, 1.807) is 36.4 Å². The average molecular weight is 269 g/mol. The Hall–Kier alpha value is -1.61. The Morgan fingerprint density at radius 1 is 1.06 bits per heavy atom. The van der Waals surface area contributed by atoms with Crippen LogP contribution >= 0.6 is 11.6 Å². The largest absolute Gasteiger partial charge is 0.497 e. The van der Waals surface area contributed by atoms with Gasteiger partial charge in [0.05, 0.1) is 7.11 Å². The zero-order valence-electron chi connectivity index (χ0n) is 9.66. The summed E-state index contributed by atoms with van der Waals surface area (Å²) in [5, 5.41) is 0.449. The zero-order valence-corrected chi connectivity index (χ0v) is 10.4. The lowest BCUT2D eigenvalue weighted by atomic mass is 9.99. The van der Waals surface area contributed by atoms with Gasteiger partial charge in [0.15, 0.2) is 0 Å². The van der Waals surface area contributed by atoms with Crippen LogP contribution in [0.1, 0.15) is 12.0 Å². The maximum atomic E-state index is 13.1. The molecule has 4 heteroatoms. The Labute approximate surface area is 109 Å². The molecule has 0 aliphatic rings. The van der Waals surface area contributed by atoms with Gasteiger partial charge in [-0.1, -0.05) is 35.9 Å². The van der Waals surface area contributed by atoms with Gasteiger partial charge in [0.25, 0.3) is 6.43 Å². The van der Waals surface area contributed by atoms with Crippen LogP contribution in [0, 0.1) is 0 Å². The third-order valence-corrected chi connectivity index (χ3v) is 2.99. The smallest absolute Gasteiger partial charge is 0.264 e. The lowest BCUT2D eigenvalue weighted by Crippen LogP contribution is -1.93. The predicted molar refractivity (Wildman–Crippen MR) is 68.4 cm³/mol. The standard InChI is InChI=1S/C14H11ClF2O/c1-18-9-6-7-10(12(8-9)14(16)17)11-4-2-3-5-13(11)15/h2-8,14H,1H3. The molecule has 0 radical (unpaired) electrons. The van der Waals surface area contributed by atoms with Gasteiger partial charge in [-0.3, -0.25) is 0 Å². The molecule has 2 aromatic carbocycles. The fourth-order valence-electron chi connectivity index (χ4n) is 1.77. The van der Waals surface area contributed by atoms with Gasteiger partial charge < -0.3 is 4.74 Å². The van der Waals surface area contributed by atoms with Crippen LogP contribution in [-0.4, -0.2) is 7.11 Å². The van der Waals surface area contributed by atoms with Gasteiger partial charge in [0.1, 0.15) is 5.75 Å². The van der Waals surface area contributed by atoms with E-state index in [0.717, 1.165) is 0 Å². The number of rotatable bonds is 3. The molecule has 0 spiro atoms. The van der Waals surface area contributed by atoms with Gasteiger partial charge in [0, 0.05) is 16.1 Å². The average Bonchev–Trinajstić information content (AvgIpc) is 2.38. The number of benzene rings is 2. The van der Waals surface area contributed by atoms with Crippen LogP contribution in [0.3, 0.4) is 0 Å². The summed E-state index contributed by atoms with van der Waals surface area (Å²) in [6.45, 7) is 0. The molecule has 18 heavy (non-hydrogen) atoms. The van der Waals surface area contributed by atoms with Crippen LogP contribution in [0.2, 0.25) is 5.02 Å². The second kappa shape index (κ2) is 5.36. The predicted octanol–water partition coefficient (Wildman–Crippen LogP) is 4.95. The zero-order chi connectivity index (χ0) is 13.1. The molecule has 0 fully saturated rings. The molecule has 1 nitrogen and oxygen atoms in total. The summed E-state index contributed by atoms with van der Waals surface area (Å²) >= 11 is 6.03. The molecule has 0 bridgehead atoms. The molecular weight excluding hydrogens is 258 g/mol. The molecule has 0 aliphatic heterocycles. The van der Waals surface area contributed by atoms with Gasteiger partial charge in [-0.15, -0.1) is 0 Å². The fourth-order valence-corrected chi connectivity index (χ4v) is 2.01. The van der Waals surface area contributed by atoms with E-state index in [0.29, 0.717) is 21.9 Å². The Morgan fingerprint density at radius 3 is 2.39 bits per heavy atom. The molecule has 2 rings (SSSR count). The van der Waals surface area contributed by atoms with E-state index in [2.05, 4.69) is 0 Å².